The molecule has 0 atom stereocenters. The first-order chi connectivity index (χ1) is 8.81. The lowest BCUT2D eigenvalue weighted by molar-refractivity contribution is 1.21. The molecule has 0 spiro atoms. The molecule has 1 heteroatoms. The van der Waals surface area contributed by atoms with Crippen LogP contribution in [0.4, 0.5) is 5.69 Å². The van der Waals surface area contributed by atoms with Crippen molar-refractivity contribution in [1.82, 2.24) is 0 Å². The van der Waals surface area contributed by atoms with Crippen LogP contribution in [-0.2, 0) is 0 Å². The topological polar surface area (TPSA) is 12.0 Å². The molecule has 1 N–H and O–H groups in total. The number of anilines is 1. The average molecular weight is 239 g/mol. The molecule has 1 aromatic carbocycles. The van der Waals surface area contributed by atoms with Crippen molar-refractivity contribution in [2.24, 2.45) is 0 Å². The Morgan fingerprint density at radius 1 is 1.17 bits per heavy atom. The van der Waals surface area contributed by atoms with Crippen molar-refractivity contribution in [2.45, 2.75) is 20.3 Å². The summed E-state index contributed by atoms with van der Waals surface area (Å²) < 4.78 is 0. The lowest BCUT2D eigenvalue weighted by atomic mass is 10.1. The Kier molecular flexibility index (Phi) is 5.72. The van der Waals surface area contributed by atoms with Gasteiger partial charge in [-0.3, -0.25) is 0 Å². The zero-order chi connectivity index (χ0) is 13.4. The van der Waals surface area contributed by atoms with Gasteiger partial charge in [0.1, 0.15) is 0 Å². The van der Waals surface area contributed by atoms with Crippen LogP contribution >= 0.6 is 0 Å². The number of fused-ring (bicyclic) bond motifs is 1. The summed E-state index contributed by atoms with van der Waals surface area (Å²) in [4.78, 5) is 0. The van der Waals surface area contributed by atoms with Crippen LogP contribution in [0.25, 0.3) is 6.08 Å². The minimum absolute atomic E-state index is 1.06. The van der Waals surface area contributed by atoms with Crippen LogP contribution < -0.4 is 5.32 Å². The SMILES string of the molecule is C=C.CC/C=C\C1=C(C)C=Cc2ccccc2N1. The molecular weight excluding hydrogens is 218 g/mol. The molecule has 2 rings (SSSR count). The second kappa shape index (κ2) is 7.33. The Morgan fingerprint density at radius 3 is 2.61 bits per heavy atom. The van der Waals surface area contributed by atoms with Crippen LogP contribution in [0.15, 0.2) is 66.9 Å². The number of nitrogens with one attached hydrogen (secondary N) is 1. The number of hydrogen-bond acceptors (Lipinski definition) is 1. The third kappa shape index (κ3) is 3.49. The zero-order valence-corrected chi connectivity index (χ0v) is 11.2. The zero-order valence-electron chi connectivity index (χ0n) is 11.2. The normalized spacial score (nSPS) is 13.4. The number of rotatable bonds is 2. The summed E-state index contributed by atoms with van der Waals surface area (Å²) in [6.45, 7) is 10.3. The maximum Gasteiger partial charge on any atom is 0.0457 e. The van der Waals surface area contributed by atoms with E-state index in [-0.39, 0.29) is 0 Å². The molecule has 0 radical (unpaired) electrons. The van der Waals surface area contributed by atoms with Crippen LogP contribution in [0.3, 0.4) is 0 Å². The molecule has 0 saturated heterocycles. The number of allylic oxidation sites excluding steroid dienone is 4. The fourth-order valence-electron chi connectivity index (χ4n) is 1.71. The minimum atomic E-state index is 1.06. The van der Waals surface area contributed by atoms with E-state index < -0.39 is 0 Å². The molecule has 1 heterocycles. The minimum Gasteiger partial charge on any atom is -0.355 e. The van der Waals surface area contributed by atoms with E-state index in [0.29, 0.717) is 0 Å². The predicted octanol–water partition coefficient (Wildman–Crippen LogP) is 5.17. The second-order valence-corrected chi connectivity index (χ2v) is 3.95. The van der Waals surface area contributed by atoms with E-state index in [2.05, 4.69) is 80.9 Å². The van der Waals surface area contributed by atoms with Gasteiger partial charge in [-0.1, -0.05) is 43.4 Å². The molecule has 94 valence electrons. The van der Waals surface area contributed by atoms with Crippen LogP contribution in [0, 0.1) is 0 Å². The lowest BCUT2D eigenvalue weighted by Gasteiger charge is -2.09. The van der Waals surface area contributed by atoms with Crippen LogP contribution in [0.5, 0.6) is 0 Å². The van der Waals surface area contributed by atoms with Gasteiger partial charge in [0.2, 0.25) is 0 Å². The number of benzene rings is 1. The maximum absolute atomic E-state index is 3.47. The highest BCUT2D eigenvalue weighted by Crippen LogP contribution is 2.24. The van der Waals surface area contributed by atoms with Gasteiger partial charge in [0.05, 0.1) is 0 Å². The lowest BCUT2D eigenvalue weighted by Crippen LogP contribution is -1.98. The molecular formula is C17H21N. The van der Waals surface area contributed by atoms with Gasteiger partial charge in [-0.15, -0.1) is 13.2 Å². The summed E-state index contributed by atoms with van der Waals surface area (Å²) >= 11 is 0. The fraction of sp³-hybridized carbons (Fsp3) is 0.176. The number of hydrogen-bond donors (Lipinski definition) is 1. The van der Waals surface area contributed by atoms with Crippen LogP contribution in [0.2, 0.25) is 0 Å². The molecule has 18 heavy (non-hydrogen) atoms. The van der Waals surface area contributed by atoms with Crippen molar-refractivity contribution < 1.29 is 0 Å². The van der Waals surface area contributed by atoms with Crippen molar-refractivity contribution in [2.75, 3.05) is 5.32 Å². The average Bonchev–Trinajstić information content (AvgIpc) is 2.59. The standard InChI is InChI=1S/C15H17N.C2H4/c1-3-4-8-14-12(2)10-11-13-7-5-6-9-15(13)16-14;1-2/h4-11,16H,3H2,1-2H3;1-2H2/b8-4-;. The van der Waals surface area contributed by atoms with E-state index in [1.807, 2.05) is 0 Å². The first kappa shape index (κ1) is 14.0. The Bertz CT molecular complexity index is 478. The summed E-state index contributed by atoms with van der Waals surface area (Å²) in [5.41, 5.74) is 4.86. The molecule has 0 fully saturated rings. The van der Waals surface area contributed by atoms with Crippen molar-refractivity contribution >= 4 is 11.8 Å². The van der Waals surface area contributed by atoms with E-state index in [9.17, 15) is 0 Å². The van der Waals surface area contributed by atoms with Crippen LogP contribution in [-0.4, -0.2) is 0 Å². The summed E-state index contributed by atoms with van der Waals surface area (Å²) in [6.07, 6.45) is 9.71. The number of para-hydroxylation sites is 1. The largest absolute Gasteiger partial charge is 0.355 e. The first-order valence-corrected chi connectivity index (χ1v) is 6.23. The highest BCUT2D eigenvalue weighted by atomic mass is 14.9. The van der Waals surface area contributed by atoms with Gasteiger partial charge in [-0.05, 0) is 36.6 Å². The van der Waals surface area contributed by atoms with Gasteiger partial charge >= 0.3 is 0 Å². The van der Waals surface area contributed by atoms with Crippen LogP contribution in [0.1, 0.15) is 25.8 Å². The Morgan fingerprint density at radius 2 is 1.89 bits per heavy atom. The molecule has 0 aliphatic carbocycles. The Hall–Kier alpha value is -2.02. The fourth-order valence-corrected chi connectivity index (χ4v) is 1.71. The molecule has 1 aliphatic heterocycles. The maximum atomic E-state index is 3.47. The monoisotopic (exact) mass is 239 g/mol. The summed E-state index contributed by atoms with van der Waals surface area (Å²) in [5.74, 6) is 0. The second-order valence-electron chi connectivity index (χ2n) is 3.95. The molecule has 0 saturated carbocycles. The van der Waals surface area contributed by atoms with Crippen molar-refractivity contribution in [1.29, 1.82) is 0 Å². The predicted molar refractivity (Wildman–Crippen MR) is 82.5 cm³/mol. The Labute approximate surface area is 110 Å². The van der Waals surface area contributed by atoms with Gasteiger partial charge in [0.25, 0.3) is 0 Å². The molecule has 1 aliphatic rings. The third-order valence-electron chi connectivity index (χ3n) is 2.69. The van der Waals surface area contributed by atoms with Gasteiger partial charge in [0, 0.05) is 11.4 Å². The summed E-state index contributed by atoms with van der Waals surface area (Å²) in [5, 5.41) is 3.47. The van der Waals surface area contributed by atoms with Crippen molar-refractivity contribution in [3.8, 4) is 0 Å². The van der Waals surface area contributed by atoms with E-state index in [1.54, 1.807) is 0 Å². The van der Waals surface area contributed by atoms with Gasteiger partial charge in [-0.25, -0.2) is 0 Å². The van der Waals surface area contributed by atoms with Gasteiger partial charge in [0.15, 0.2) is 0 Å². The summed E-state index contributed by atoms with van der Waals surface area (Å²) in [6, 6.07) is 8.35. The van der Waals surface area contributed by atoms with E-state index in [4.69, 9.17) is 0 Å². The Balaban J connectivity index is 0.000000771. The van der Waals surface area contributed by atoms with E-state index in [1.165, 1.54) is 22.5 Å². The van der Waals surface area contributed by atoms with E-state index >= 15 is 0 Å². The molecule has 0 amide bonds. The molecule has 1 nitrogen and oxygen atoms in total. The van der Waals surface area contributed by atoms with Crippen molar-refractivity contribution in [3.63, 3.8) is 0 Å². The van der Waals surface area contributed by atoms with E-state index in [0.717, 1.165) is 6.42 Å². The highest BCUT2D eigenvalue weighted by molar-refractivity contribution is 5.73. The summed E-state index contributed by atoms with van der Waals surface area (Å²) in [7, 11) is 0. The highest BCUT2D eigenvalue weighted by Gasteiger charge is 2.05. The smallest absolute Gasteiger partial charge is 0.0457 e. The third-order valence-corrected chi connectivity index (χ3v) is 2.69. The molecule has 1 aromatic rings. The molecule has 0 aromatic heterocycles. The van der Waals surface area contributed by atoms with Gasteiger partial charge < -0.3 is 5.32 Å². The molecule has 0 unspecified atom stereocenters. The van der Waals surface area contributed by atoms with Crippen molar-refractivity contribution in [3.05, 3.63) is 72.5 Å². The first-order valence-electron chi connectivity index (χ1n) is 6.23. The molecule has 0 bridgehead atoms. The van der Waals surface area contributed by atoms with Gasteiger partial charge in [-0.2, -0.15) is 0 Å². The quantitative estimate of drug-likeness (QED) is 0.702.